The van der Waals surface area contributed by atoms with Gasteiger partial charge in [0.15, 0.2) is 5.71 Å². The minimum atomic E-state index is -1.22. The lowest BCUT2D eigenvalue weighted by molar-refractivity contribution is -0.132. The maximum absolute atomic E-state index is 11.9. The fourth-order valence-electron chi connectivity index (χ4n) is 1.62. The summed E-state index contributed by atoms with van der Waals surface area (Å²) in [5, 5.41) is 3.58. The highest BCUT2D eigenvalue weighted by atomic mass is 16.7. The summed E-state index contributed by atoms with van der Waals surface area (Å²) in [5.74, 6) is -0.458. The standard InChI is InChI=1S/C11H11NO5/c1-15-7-3-4-11(9(13)5-7)6-8(12-17-11)10(14)16-2/h3-5H,6H2,1-2H3/t11-/m1/s1. The molecular weight excluding hydrogens is 226 g/mol. The molecule has 2 aliphatic rings. The first-order chi connectivity index (χ1) is 8.11. The number of carbonyl (C=O) groups excluding carboxylic acids is 2. The molecule has 0 aromatic carbocycles. The van der Waals surface area contributed by atoms with E-state index in [0.29, 0.717) is 5.76 Å². The quantitative estimate of drug-likeness (QED) is 0.647. The molecule has 0 fully saturated rings. The van der Waals surface area contributed by atoms with Gasteiger partial charge in [0.2, 0.25) is 11.4 Å². The summed E-state index contributed by atoms with van der Waals surface area (Å²) in [6.45, 7) is 0. The van der Waals surface area contributed by atoms with Gasteiger partial charge in [0.25, 0.3) is 0 Å². The van der Waals surface area contributed by atoms with Gasteiger partial charge >= 0.3 is 5.97 Å². The smallest absolute Gasteiger partial charge is 0.356 e. The molecule has 1 atom stereocenters. The predicted molar refractivity (Wildman–Crippen MR) is 57.1 cm³/mol. The van der Waals surface area contributed by atoms with Crippen molar-refractivity contribution in [2.75, 3.05) is 14.2 Å². The minimum Gasteiger partial charge on any atom is -0.497 e. The number of carbonyl (C=O) groups is 2. The SMILES string of the molecule is COC(=O)C1=NO[C@]2(C=CC(OC)=CC2=O)C1. The summed E-state index contributed by atoms with van der Waals surface area (Å²) in [5.41, 5.74) is -1.12. The lowest BCUT2D eigenvalue weighted by Crippen LogP contribution is -2.38. The molecule has 90 valence electrons. The Labute approximate surface area is 97.5 Å². The summed E-state index contributed by atoms with van der Waals surface area (Å²) in [4.78, 5) is 28.2. The van der Waals surface area contributed by atoms with Crippen molar-refractivity contribution >= 4 is 17.5 Å². The third-order valence-electron chi connectivity index (χ3n) is 2.61. The van der Waals surface area contributed by atoms with E-state index in [-0.39, 0.29) is 17.9 Å². The Kier molecular flexibility index (Phi) is 2.71. The number of ether oxygens (including phenoxy) is 2. The molecule has 0 radical (unpaired) electrons. The van der Waals surface area contributed by atoms with Crippen molar-refractivity contribution in [1.82, 2.24) is 0 Å². The van der Waals surface area contributed by atoms with Crippen LogP contribution >= 0.6 is 0 Å². The van der Waals surface area contributed by atoms with Crippen molar-refractivity contribution in [2.24, 2.45) is 5.16 Å². The van der Waals surface area contributed by atoms with Gasteiger partial charge in [-0.1, -0.05) is 5.16 Å². The molecule has 0 aromatic heterocycles. The van der Waals surface area contributed by atoms with E-state index < -0.39 is 11.6 Å². The number of hydrogen-bond donors (Lipinski definition) is 0. The zero-order valence-corrected chi connectivity index (χ0v) is 9.43. The van der Waals surface area contributed by atoms with Crippen LogP contribution in [-0.2, 0) is 23.9 Å². The second-order valence-electron chi connectivity index (χ2n) is 3.64. The molecule has 0 aromatic rings. The molecule has 1 heterocycles. The van der Waals surface area contributed by atoms with E-state index in [1.54, 1.807) is 6.08 Å². The van der Waals surface area contributed by atoms with E-state index in [4.69, 9.17) is 9.57 Å². The second kappa shape index (κ2) is 4.04. The van der Waals surface area contributed by atoms with Crippen LogP contribution in [0.3, 0.4) is 0 Å². The topological polar surface area (TPSA) is 74.2 Å². The lowest BCUT2D eigenvalue weighted by atomic mass is 9.88. The van der Waals surface area contributed by atoms with Gasteiger partial charge in [-0.25, -0.2) is 4.79 Å². The third-order valence-corrected chi connectivity index (χ3v) is 2.61. The number of esters is 1. The minimum absolute atomic E-state index is 0.0719. The Morgan fingerprint density at radius 1 is 1.53 bits per heavy atom. The third kappa shape index (κ3) is 1.82. The van der Waals surface area contributed by atoms with E-state index in [0.717, 1.165) is 0 Å². The first kappa shape index (κ1) is 11.4. The van der Waals surface area contributed by atoms with E-state index >= 15 is 0 Å². The highest BCUT2D eigenvalue weighted by molar-refractivity contribution is 6.37. The van der Waals surface area contributed by atoms with E-state index in [9.17, 15) is 9.59 Å². The predicted octanol–water partition coefficient (Wildman–Crippen LogP) is 0.344. The number of oxime groups is 1. The summed E-state index contributed by atoms with van der Waals surface area (Å²) >= 11 is 0. The molecule has 0 saturated heterocycles. The largest absolute Gasteiger partial charge is 0.497 e. The van der Waals surface area contributed by atoms with Gasteiger partial charge < -0.3 is 14.3 Å². The Morgan fingerprint density at radius 3 is 2.88 bits per heavy atom. The molecule has 17 heavy (non-hydrogen) atoms. The second-order valence-corrected chi connectivity index (χ2v) is 3.64. The Hall–Kier alpha value is -2.11. The van der Waals surface area contributed by atoms with E-state index in [1.807, 2.05) is 0 Å². The van der Waals surface area contributed by atoms with Crippen LogP contribution in [0.5, 0.6) is 0 Å². The molecule has 0 saturated carbocycles. The van der Waals surface area contributed by atoms with E-state index in [2.05, 4.69) is 9.89 Å². The molecule has 0 N–H and O–H groups in total. The zero-order valence-electron chi connectivity index (χ0n) is 9.43. The van der Waals surface area contributed by atoms with Crippen molar-refractivity contribution in [3.63, 3.8) is 0 Å². The molecule has 1 aliphatic heterocycles. The van der Waals surface area contributed by atoms with Crippen molar-refractivity contribution < 1.29 is 23.9 Å². The maximum atomic E-state index is 11.9. The average Bonchev–Trinajstić information content (AvgIpc) is 2.77. The molecule has 6 nitrogen and oxygen atoms in total. The van der Waals surface area contributed by atoms with E-state index in [1.165, 1.54) is 26.4 Å². The van der Waals surface area contributed by atoms with Gasteiger partial charge in [-0.3, -0.25) is 4.79 Å². The molecule has 1 spiro atoms. The van der Waals surface area contributed by atoms with Gasteiger partial charge in [0.05, 0.1) is 20.6 Å². The fraction of sp³-hybridized carbons (Fsp3) is 0.364. The zero-order chi connectivity index (χ0) is 12.5. The normalized spacial score (nSPS) is 26.4. The van der Waals surface area contributed by atoms with Gasteiger partial charge in [-0.15, -0.1) is 0 Å². The van der Waals surface area contributed by atoms with Crippen LogP contribution in [0.15, 0.2) is 29.1 Å². The number of rotatable bonds is 2. The number of nitrogens with zero attached hydrogens (tertiary/aromatic N) is 1. The van der Waals surface area contributed by atoms with Crippen molar-refractivity contribution in [3.05, 3.63) is 24.0 Å². The number of allylic oxidation sites excluding steroid dienone is 1. The summed E-state index contributed by atoms with van der Waals surface area (Å²) in [6.07, 6.45) is 4.53. The van der Waals surface area contributed by atoms with Gasteiger partial charge in [0, 0.05) is 6.08 Å². The van der Waals surface area contributed by atoms with Crippen LogP contribution in [0.25, 0.3) is 0 Å². The van der Waals surface area contributed by atoms with Crippen LogP contribution in [0.1, 0.15) is 6.42 Å². The summed E-state index contributed by atoms with van der Waals surface area (Å²) in [7, 11) is 2.71. The molecule has 1 aliphatic carbocycles. The Bertz CT molecular complexity index is 462. The lowest BCUT2D eigenvalue weighted by Gasteiger charge is -2.22. The fourth-order valence-corrected chi connectivity index (χ4v) is 1.62. The Morgan fingerprint density at radius 2 is 2.29 bits per heavy atom. The molecule has 2 rings (SSSR count). The highest BCUT2D eigenvalue weighted by Gasteiger charge is 2.46. The maximum Gasteiger partial charge on any atom is 0.356 e. The average molecular weight is 237 g/mol. The summed E-state index contributed by atoms with van der Waals surface area (Å²) < 4.78 is 9.45. The van der Waals surface area contributed by atoms with Crippen molar-refractivity contribution in [1.29, 1.82) is 0 Å². The van der Waals surface area contributed by atoms with Gasteiger partial charge in [-0.05, 0) is 12.2 Å². The highest BCUT2D eigenvalue weighted by Crippen LogP contribution is 2.31. The molecule has 0 bridgehead atoms. The van der Waals surface area contributed by atoms with Crippen molar-refractivity contribution in [3.8, 4) is 0 Å². The number of methoxy groups -OCH3 is 2. The monoisotopic (exact) mass is 237 g/mol. The van der Waals surface area contributed by atoms with Crippen LogP contribution < -0.4 is 0 Å². The Balaban J connectivity index is 2.17. The van der Waals surface area contributed by atoms with Gasteiger partial charge in [-0.2, -0.15) is 0 Å². The first-order valence-corrected chi connectivity index (χ1v) is 4.94. The molecular formula is C11H11NO5. The number of hydrogen-bond acceptors (Lipinski definition) is 6. The van der Waals surface area contributed by atoms with Crippen molar-refractivity contribution in [2.45, 2.75) is 12.0 Å². The summed E-state index contributed by atoms with van der Waals surface area (Å²) in [6, 6.07) is 0. The molecule has 0 amide bonds. The van der Waals surface area contributed by atoms with Crippen LogP contribution in [0, 0.1) is 0 Å². The van der Waals surface area contributed by atoms with Crippen LogP contribution in [0.2, 0.25) is 0 Å². The van der Waals surface area contributed by atoms with Gasteiger partial charge in [0.1, 0.15) is 5.76 Å². The van der Waals surface area contributed by atoms with Crippen LogP contribution in [0.4, 0.5) is 0 Å². The molecule has 6 heteroatoms. The van der Waals surface area contributed by atoms with Crippen LogP contribution in [-0.4, -0.2) is 37.3 Å². The number of ketones is 1. The first-order valence-electron chi connectivity index (χ1n) is 4.94. The molecule has 0 unspecified atom stereocenters.